The topological polar surface area (TPSA) is 84.5 Å². The Labute approximate surface area is 144 Å². The molecular weight excluding hydrogens is 328 g/mol. The number of para-hydroxylation sites is 1. The maximum absolute atomic E-state index is 11.9. The SMILES string of the molecule is O=Cc1ccccc1OC(=O)CCCCC1SCC2NC(=O)NC21. The lowest BCUT2D eigenvalue weighted by atomic mass is 10.0. The molecule has 128 valence electrons. The van der Waals surface area contributed by atoms with Crippen LogP contribution in [0.25, 0.3) is 0 Å². The van der Waals surface area contributed by atoms with Gasteiger partial charge in [0.25, 0.3) is 0 Å². The molecule has 7 heteroatoms. The number of hydrogen-bond acceptors (Lipinski definition) is 5. The van der Waals surface area contributed by atoms with Crippen molar-refractivity contribution < 1.29 is 19.1 Å². The Morgan fingerprint density at radius 1 is 1.29 bits per heavy atom. The summed E-state index contributed by atoms with van der Waals surface area (Å²) in [5.41, 5.74) is 0.378. The number of unbranched alkanes of at least 4 members (excludes halogenated alkanes) is 1. The molecule has 3 unspecified atom stereocenters. The quantitative estimate of drug-likeness (QED) is 0.259. The highest BCUT2D eigenvalue weighted by atomic mass is 32.2. The van der Waals surface area contributed by atoms with Crippen LogP contribution in [0.15, 0.2) is 24.3 Å². The Morgan fingerprint density at radius 3 is 2.96 bits per heavy atom. The van der Waals surface area contributed by atoms with E-state index < -0.39 is 0 Å². The Morgan fingerprint density at radius 2 is 2.12 bits per heavy atom. The number of fused-ring (bicyclic) bond motifs is 1. The molecule has 0 radical (unpaired) electrons. The van der Waals surface area contributed by atoms with Gasteiger partial charge in [-0.2, -0.15) is 11.8 Å². The number of hydrogen-bond donors (Lipinski definition) is 2. The molecule has 2 aliphatic rings. The molecule has 2 N–H and O–H groups in total. The largest absolute Gasteiger partial charge is 0.426 e. The fourth-order valence-electron chi connectivity index (χ4n) is 3.10. The number of thioether (sulfide) groups is 1. The number of ether oxygens (including phenoxy) is 1. The lowest BCUT2D eigenvalue weighted by Gasteiger charge is -2.16. The summed E-state index contributed by atoms with van der Waals surface area (Å²) in [6.45, 7) is 0. The molecular formula is C17H20N2O4S. The number of urea groups is 1. The van der Waals surface area contributed by atoms with E-state index in [4.69, 9.17) is 4.74 Å². The van der Waals surface area contributed by atoms with Crippen molar-refractivity contribution in [3.8, 4) is 5.75 Å². The zero-order valence-corrected chi connectivity index (χ0v) is 14.0. The second-order valence-corrected chi connectivity index (χ2v) is 7.27. The first-order valence-electron chi connectivity index (χ1n) is 8.11. The Balaban J connectivity index is 1.38. The van der Waals surface area contributed by atoms with E-state index in [0.717, 1.165) is 25.0 Å². The van der Waals surface area contributed by atoms with Gasteiger partial charge < -0.3 is 15.4 Å². The van der Waals surface area contributed by atoms with Crippen molar-refractivity contribution in [3.63, 3.8) is 0 Å². The molecule has 0 saturated carbocycles. The molecule has 1 aromatic carbocycles. The monoisotopic (exact) mass is 348 g/mol. The molecule has 0 bridgehead atoms. The maximum Gasteiger partial charge on any atom is 0.315 e. The molecule has 24 heavy (non-hydrogen) atoms. The van der Waals surface area contributed by atoms with Crippen LogP contribution in [0, 0.1) is 0 Å². The number of aldehydes is 1. The van der Waals surface area contributed by atoms with E-state index in [1.807, 2.05) is 11.8 Å². The average Bonchev–Trinajstić information content (AvgIpc) is 3.11. The van der Waals surface area contributed by atoms with Crippen molar-refractivity contribution in [2.75, 3.05) is 5.75 Å². The van der Waals surface area contributed by atoms with Crippen molar-refractivity contribution >= 4 is 30.0 Å². The van der Waals surface area contributed by atoms with Crippen molar-refractivity contribution in [1.29, 1.82) is 0 Å². The average molecular weight is 348 g/mol. The summed E-state index contributed by atoms with van der Waals surface area (Å²) in [6.07, 6.45) is 3.61. The molecule has 2 amide bonds. The molecule has 0 aliphatic carbocycles. The summed E-state index contributed by atoms with van der Waals surface area (Å²) in [7, 11) is 0. The first kappa shape index (κ1) is 16.8. The van der Waals surface area contributed by atoms with E-state index in [2.05, 4.69) is 10.6 Å². The number of amides is 2. The second-order valence-electron chi connectivity index (χ2n) is 6.00. The van der Waals surface area contributed by atoms with Gasteiger partial charge in [-0.05, 0) is 25.0 Å². The minimum atomic E-state index is -0.322. The molecule has 0 spiro atoms. The van der Waals surface area contributed by atoms with E-state index in [-0.39, 0.29) is 24.1 Å². The van der Waals surface area contributed by atoms with Gasteiger partial charge in [-0.25, -0.2) is 4.79 Å². The Kier molecular flexibility index (Phi) is 5.40. The predicted octanol–water partition coefficient (Wildman–Crippen LogP) is 2.13. The second kappa shape index (κ2) is 7.70. The zero-order valence-electron chi connectivity index (χ0n) is 13.2. The summed E-state index contributed by atoms with van der Waals surface area (Å²) >= 11 is 1.87. The molecule has 0 aromatic heterocycles. The predicted molar refractivity (Wildman–Crippen MR) is 91.4 cm³/mol. The fraction of sp³-hybridized carbons (Fsp3) is 0.471. The van der Waals surface area contributed by atoms with E-state index in [1.165, 1.54) is 0 Å². The van der Waals surface area contributed by atoms with Crippen molar-refractivity contribution in [1.82, 2.24) is 10.6 Å². The highest BCUT2D eigenvalue weighted by Crippen LogP contribution is 2.33. The third kappa shape index (κ3) is 3.90. The number of nitrogens with one attached hydrogen (secondary N) is 2. The summed E-state index contributed by atoms with van der Waals surface area (Å²) in [6, 6.07) is 7.05. The van der Waals surface area contributed by atoms with Gasteiger partial charge in [0.15, 0.2) is 6.29 Å². The first-order valence-corrected chi connectivity index (χ1v) is 9.16. The van der Waals surface area contributed by atoms with E-state index in [0.29, 0.717) is 29.3 Å². The zero-order chi connectivity index (χ0) is 16.9. The van der Waals surface area contributed by atoms with Crippen LogP contribution in [-0.4, -0.2) is 41.4 Å². The minimum Gasteiger partial charge on any atom is -0.426 e. The van der Waals surface area contributed by atoms with Crippen molar-refractivity contribution in [2.24, 2.45) is 0 Å². The molecule has 2 heterocycles. The van der Waals surface area contributed by atoms with E-state index in [9.17, 15) is 14.4 Å². The van der Waals surface area contributed by atoms with Gasteiger partial charge in [-0.1, -0.05) is 18.6 Å². The van der Waals surface area contributed by atoms with Gasteiger partial charge >= 0.3 is 12.0 Å². The van der Waals surface area contributed by atoms with Crippen LogP contribution < -0.4 is 15.4 Å². The summed E-state index contributed by atoms with van der Waals surface area (Å²) in [4.78, 5) is 34.1. The van der Waals surface area contributed by atoms with Crippen LogP contribution in [-0.2, 0) is 4.79 Å². The van der Waals surface area contributed by atoms with Crippen LogP contribution >= 0.6 is 11.8 Å². The highest BCUT2D eigenvalue weighted by Gasteiger charge is 2.42. The highest BCUT2D eigenvalue weighted by molar-refractivity contribution is 8.00. The number of carbonyl (C=O) groups excluding carboxylic acids is 3. The molecule has 1 aromatic rings. The van der Waals surface area contributed by atoms with Gasteiger partial charge in [0.1, 0.15) is 5.75 Å². The molecule has 2 fully saturated rings. The molecule has 3 rings (SSSR count). The maximum atomic E-state index is 11.9. The van der Waals surface area contributed by atoms with Crippen LogP contribution in [0.5, 0.6) is 5.75 Å². The normalized spacial score (nSPS) is 24.8. The van der Waals surface area contributed by atoms with Crippen LogP contribution in [0.4, 0.5) is 4.79 Å². The first-order chi connectivity index (χ1) is 11.7. The fourth-order valence-corrected chi connectivity index (χ4v) is 4.65. The third-order valence-corrected chi connectivity index (χ3v) is 5.84. The van der Waals surface area contributed by atoms with Crippen LogP contribution in [0.3, 0.4) is 0 Å². The Bertz CT molecular complexity index is 637. The van der Waals surface area contributed by atoms with Gasteiger partial charge in [-0.3, -0.25) is 9.59 Å². The van der Waals surface area contributed by atoms with Crippen LogP contribution in [0.1, 0.15) is 36.0 Å². The molecule has 3 atom stereocenters. The summed E-state index contributed by atoms with van der Waals surface area (Å²) in [5, 5.41) is 6.29. The molecule has 6 nitrogen and oxygen atoms in total. The lowest BCUT2D eigenvalue weighted by molar-refractivity contribution is -0.134. The van der Waals surface area contributed by atoms with Gasteiger partial charge in [-0.15, -0.1) is 0 Å². The summed E-state index contributed by atoms with van der Waals surface area (Å²) in [5.74, 6) is 0.932. The van der Waals surface area contributed by atoms with Crippen molar-refractivity contribution in [3.05, 3.63) is 29.8 Å². The van der Waals surface area contributed by atoms with Gasteiger partial charge in [0.2, 0.25) is 0 Å². The summed E-state index contributed by atoms with van der Waals surface area (Å²) < 4.78 is 5.25. The number of benzene rings is 1. The van der Waals surface area contributed by atoms with Gasteiger partial charge in [0.05, 0.1) is 17.6 Å². The smallest absolute Gasteiger partial charge is 0.315 e. The molecule has 2 aliphatic heterocycles. The number of carbonyl (C=O) groups is 3. The third-order valence-electron chi connectivity index (χ3n) is 4.33. The van der Waals surface area contributed by atoms with E-state index >= 15 is 0 Å². The van der Waals surface area contributed by atoms with E-state index in [1.54, 1.807) is 24.3 Å². The van der Waals surface area contributed by atoms with Gasteiger partial charge in [0, 0.05) is 17.4 Å². The van der Waals surface area contributed by atoms with Crippen molar-refractivity contribution in [2.45, 2.75) is 43.0 Å². The van der Waals surface area contributed by atoms with Crippen LogP contribution in [0.2, 0.25) is 0 Å². The number of rotatable bonds is 7. The Hall–Kier alpha value is -2.02. The number of esters is 1. The molecule has 2 saturated heterocycles. The lowest BCUT2D eigenvalue weighted by Crippen LogP contribution is -2.36. The standard InChI is InChI=1S/C17H20N2O4S/c20-9-11-5-1-2-6-13(11)23-15(21)8-4-3-7-14-16-12(10-24-14)18-17(22)19-16/h1-2,5-6,9,12,14,16H,3-4,7-8,10H2,(H2,18,19,22). The minimum absolute atomic E-state index is 0.0762.